The van der Waals surface area contributed by atoms with Gasteiger partial charge < -0.3 is 70.4 Å². The van der Waals surface area contributed by atoms with Crippen molar-refractivity contribution in [2.24, 2.45) is 5.73 Å². The van der Waals surface area contributed by atoms with Gasteiger partial charge in [-0.2, -0.15) is 8.78 Å². The first-order chi connectivity index (χ1) is 66.8. The Morgan fingerprint density at radius 3 is 0.900 bits per heavy atom. The molecule has 0 saturated heterocycles. The van der Waals surface area contributed by atoms with E-state index in [4.69, 9.17) is 40.6 Å². The zero-order valence-corrected chi connectivity index (χ0v) is 84.3. The number of nitrogens with one attached hydrogen (secondary N) is 4. The summed E-state index contributed by atoms with van der Waals surface area (Å²) in [7, 11) is -1.00. The molecule has 780 valence electrons. The van der Waals surface area contributed by atoms with Gasteiger partial charge in [0, 0.05) is 56.8 Å². The van der Waals surface area contributed by atoms with Crippen LogP contribution in [0.5, 0.6) is 5.75 Å². The summed E-state index contributed by atoms with van der Waals surface area (Å²) in [5.74, 6) is -19.9. The normalized spacial score (nSPS) is 13.0. The molecule has 4 atom stereocenters. The molecule has 5 aromatic rings. The second-order valence-corrected chi connectivity index (χ2v) is 39.6. The number of benzene rings is 5. The van der Waals surface area contributed by atoms with Crippen molar-refractivity contribution in [1.29, 1.82) is 0 Å². The Morgan fingerprint density at radius 2 is 0.607 bits per heavy atom. The minimum Gasteiger partial charge on any atom is -0.480 e. The van der Waals surface area contributed by atoms with E-state index in [1.165, 1.54) is 77.0 Å². The number of nitrogens with two attached hydrogens (primary N) is 1. The van der Waals surface area contributed by atoms with Gasteiger partial charge in [-0.3, -0.25) is 33.2 Å². The molecule has 0 heterocycles. The molecule has 0 bridgehead atoms. The third-order valence-electron chi connectivity index (χ3n) is 23.0. The molecule has 4 amide bonds. The minimum absolute atomic E-state index is 0.000878. The number of aliphatic carboxylic acids is 2. The van der Waals surface area contributed by atoms with Crippen LogP contribution in [0.3, 0.4) is 0 Å². The largest absolute Gasteiger partial charge is 0.480 e. The van der Waals surface area contributed by atoms with Crippen molar-refractivity contribution < 1.29 is 129 Å². The van der Waals surface area contributed by atoms with Gasteiger partial charge in [-0.25, -0.2) is 41.9 Å². The average Bonchev–Trinajstić information content (AvgIpc) is 1.61. The SMILES string of the molecule is CC(C)(C)OC(=O)CCCCCCCCCCCCCCCCC(=O)N[C@@H](CCC(=O)CCC[C@H](NC(=O)OCC1c2ccccc2-c2ccccc21)C(=O)O)C(=O)OC(C)(C)C.CC(C)(C)OC(=O)CCCCCCCCCCCCCCCCC(=O)N[C@@H](CCC(=O)Oc1c(F)c(F)c(F)c(F)c1F)C(=O)OC(C)(C)C.NCC[C@H](NC(=O)OCC1c2ccccc2-c2ccccc21)C(=O)O.[2H]CF. The predicted octanol–water partition coefficient (Wildman–Crippen LogP) is 23.3. The fraction of sp³-hybridized carbons (Fsp3) is 0.611. The maximum atomic E-state index is 13.9. The number of halogens is 6. The molecule has 0 aromatic heterocycles. The third-order valence-corrected chi connectivity index (χ3v) is 23.0. The number of carbonyl (C=O) groups is 12. The highest BCUT2D eigenvalue weighted by molar-refractivity contribution is 5.88. The maximum absolute atomic E-state index is 13.9. The average molecular weight is 1970 g/mol. The van der Waals surface area contributed by atoms with Gasteiger partial charge in [-0.05, 0) is 192 Å². The summed E-state index contributed by atoms with van der Waals surface area (Å²) < 4.78 is 120. The van der Waals surface area contributed by atoms with Gasteiger partial charge in [0.25, 0.3) is 0 Å². The Bertz CT molecular complexity index is 4600. The molecular weight excluding hydrogens is 1820 g/mol. The van der Waals surface area contributed by atoms with Crippen molar-refractivity contribution >= 4 is 71.6 Å². The van der Waals surface area contributed by atoms with Gasteiger partial charge in [0.2, 0.25) is 46.6 Å². The lowest BCUT2D eigenvalue weighted by molar-refractivity contribution is -0.159. The predicted molar refractivity (Wildman–Crippen MR) is 524 cm³/mol. The molecule has 0 fully saturated rings. The number of carbonyl (C=O) groups excluding carboxylic acids is 10. The monoisotopic (exact) mass is 1970 g/mol. The van der Waals surface area contributed by atoms with E-state index in [-0.39, 0.29) is 107 Å². The Morgan fingerprint density at radius 1 is 0.336 bits per heavy atom. The van der Waals surface area contributed by atoms with Crippen LogP contribution in [-0.4, -0.2) is 155 Å². The van der Waals surface area contributed by atoms with Crippen LogP contribution < -0.4 is 31.7 Å². The number of hydrogen-bond acceptors (Lipinski definition) is 20. The topological polar surface area (TPSA) is 384 Å². The van der Waals surface area contributed by atoms with E-state index in [1.54, 1.807) is 41.5 Å². The molecule has 5 aromatic carbocycles. The second-order valence-electron chi connectivity index (χ2n) is 39.6. The number of unbranched alkanes of at least 4 members (excludes halogenated alkanes) is 26. The van der Waals surface area contributed by atoms with E-state index in [9.17, 15) is 89.0 Å². The summed E-state index contributed by atoms with van der Waals surface area (Å²) in [5.41, 5.74) is 11.6. The molecule has 0 spiro atoms. The number of alkyl halides is 1. The number of ether oxygens (including phenoxy) is 7. The Hall–Kier alpha value is -10.9. The Labute approximate surface area is 824 Å². The van der Waals surface area contributed by atoms with Crippen LogP contribution in [-0.2, 0) is 76.4 Å². The summed E-state index contributed by atoms with van der Waals surface area (Å²) in [6.45, 7) is 21.7. The van der Waals surface area contributed by atoms with Crippen LogP contribution in [0.2, 0.25) is 0 Å². The molecule has 0 aliphatic heterocycles. The van der Waals surface area contributed by atoms with Gasteiger partial charge in [0.1, 0.15) is 65.6 Å². The highest BCUT2D eigenvalue weighted by Crippen LogP contribution is 2.46. The Balaban J connectivity index is 0.000000469. The van der Waals surface area contributed by atoms with Crippen molar-refractivity contribution in [3.8, 4) is 28.0 Å². The molecule has 0 unspecified atom stereocenters. The minimum atomic E-state index is -2.40. The standard InChI is InChI=1S/C51H76N2O10.C37H56F5NO7.C19H20N2O4.CH3F/c1-50(2,3)62-46(56)33-20-18-16-14-12-10-8-7-9-11-13-15-17-19-32-45(55)52-44(48(59)63-51(4,5)6)35-34-37(54)26-25-31-43(47(57)58)53-49(60)61-36-42-40-29-23-21-27-38(40)39-28-22-24-30-41(39)42;1-36(2,3)49-28(46)22-20-18-16-14-12-10-8-7-9-11-13-15-17-19-21-26(44)43-25(35(47)50-37(4,5)6)23-24-27(45)48-34-32(41)30(39)29(38)31(40)33(34)42;20-10-9-17(18(22)23)21-19(24)25-11-16-14-7-3-1-5-12(14)13-6-2-4-8-15(13)16;1-2/h21-24,27-30,42-44H,7-20,25-26,31-36H2,1-6H3,(H,52,55)(H,53,60)(H,57,58);25H,7-24H2,1-6H3,(H,43,44);1-8,16-17H,9-11,20H2,(H,21,24)(H,22,23);1H3/t43-,44-;25-;17-;/m000./s1/i;;;1D. The fourth-order valence-electron chi connectivity index (χ4n) is 16.2. The quantitative estimate of drug-likeness (QED) is 0.00361. The van der Waals surface area contributed by atoms with Crippen molar-refractivity contribution in [2.45, 2.75) is 398 Å². The van der Waals surface area contributed by atoms with Crippen molar-refractivity contribution in [2.75, 3.05) is 26.9 Å². The van der Waals surface area contributed by atoms with Gasteiger partial charge in [0.15, 0.2) is 0 Å². The lowest BCUT2D eigenvalue weighted by Gasteiger charge is -2.24. The van der Waals surface area contributed by atoms with E-state index in [2.05, 4.69) is 38.1 Å². The molecular formula is C108H155F6N5O21. The summed E-state index contributed by atoms with van der Waals surface area (Å²) in [6, 6.07) is 27.3. The number of hydrogen-bond donors (Lipinski definition) is 7. The first-order valence-corrected chi connectivity index (χ1v) is 49.7. The number of rotatable bonds is 59. The lowest BCUT2D eigenvalue weighted by Crippen LogP contribution is -2.44. The number of carboxylic acid groups (broad SMARTS) is 2. The van der Waals surface area contributed by atoms with E-state index >= 15 is 0 Å². The second kappa shape index (κ2) is 64.5. The number of alkyl carbamates (subject to hydrolysis) is 2. The van der Waals surface area contributed by atoms with Crippen molar-refractivity contribution in [1.82, 2.24) is 21.3 Å². The molecule has 26 nitrogen and oxygen atoms in total. The van der Waals surface area contributed by atoms with Crippen molar-refractivity contribution in [3.63, 3.8) is 0 Å². The lowest BCUT2D eigenvalue weighted by atomic mass is 9.98. The molecule has 2 aliphatic rings. The maximum Gasteiger partial charge on any atom is 0.407 e. The molecule has 0 saturated carbocycles. The highest BCUT2D eigenvalue weighted by Gasteiger charge is 2.36. The van der Waals surface area contributed by atoms with Crippen LogP contribution >= 0.6 is 0 Å². The van der Waals surface area contributed by atoms with Gasteiger partial charge in [-0.1, -0.05) is 251 Å². The zero-order valence-electron chi connectivity index (χ0n) is 85.3. The summed E-state index contributed by atoms with van der Waals surface area (Å²) in [5, 5.41) is 28.9. The zero-order chi connectivity index (χ0) is 105. The van der Waals surface area contributed by atoms with Crippen LogP contribution in [0.1, 0.15) is 375 Å². The molecule has 7 rings (SSSR count). The summed E-state index contributed by atoms with van der Waals surface area (Å²) in [4.78, 5) is 148. The summed E-state index contributed by atoms with van der Waals surface area (Å²) >= 11 is 0. The summed E-state index contributed by atoms with van der Waals surface area (Å²) in [6.07, 6.45) is 29.3. The number of esters is 5. The molecule has 140 heavy (non-hydrogen) atoms. The number of amides is 4. The van der Waals surface area contributed by atoms with Crippen LogP contribution in [0.15, 0.2) is 97.1 Å². The first-order valence-electron chi connectivity index (χ1n) is 50.4. The number of ketones is 1. The third kappa shape index (κ3) is 48.5. The van der Waals surface area contributed by atoms with E-state index in [0.29, 0.717) is 25.7 Å². The van der Waals surface area contributed by atoms with Gasteiger partial charge in [0.05, 0.1) is 8.52 Å². The fourth-order valence-corrected chi connectivity index (χ4v) is 16.2. The van der Waals surface area contributed by atoms with Gasteiger partial charge in [-0.15, -0.1) is 0 Å². The van der Waals surface area contributed by atoms with E-state index < -0.39 is 149 Å². The van der Waals surface area contributed by atoms with E-state index in [0.717, 1.165) is 134 Å². The number of carboxylic acids is 2. The molecule has 32 heteroatoms. The highest BCUT2D eigenvalue weighted by atomic mass is 19.2. The Kier molecular flexibility index (Phi) is 55.1. The smallest absolute Gasteiger partial charge is 0.407 e. The molecule has 8 N–H and O–H groups in total. The van der Waals surface area contributed by atoms with Crippen LogP contribution in [0.4, 0.5) is 35.9 Å². The number of Topliss-reactive ketones (excluding diaryl/α,β-unsaturated/α-hetero) is 1. The molecule has 0 radical (unpaired) electrons. The van der Waals surface area contributed by atoms with Crippen LogP contribution in [0, 0.1) is 29.1 Å². The van der Waals surface area contributed by atoms with Gasteiger partial charge >= 0.3 is 54.0 Å². The molecule has 2 aliphatic carbocycles. The first kappa shape index (κ1) is 120. The van der Waals surface area contributed by atoms with Crippen molar-refractivity contribution in [3.05, 3.63) is 148 Å². The van der Waals surface area contributed by atoms with E-state index in [1.807, 2.05) is 126 Å². The number of fused-ring (bicyclic) bond motifs is 6. The van der Waals surface area contributed by atoms with Crippen LogP contribution in [0.25, 0.3) is 22.3 Å².